The highest BCUT2D eigenvalue weighted by molar-refractivity contribution is 8.15. The maximum atomic E-state index is 9.93. The molecular weight excluding hydrogens is 152 g/mol. The van der Waals surface area contributed by atoms with Gasteiger partial charge >= 0.3 is 0 Å². The molecule has 10 heavy (non-hydrogen) atoms. The number of nitrogens with one attached hydrogen (secondary N) is 1. The van der Waals surface area contributed by atoms with Gasteiger partial charge in [0.15, 0.2) is 0 Å². The Morgan fingerprint density at radius 3 is 2.90 bits per heavy atom. The number of nitro groups is 1. The van der Waals surface area contributed by atoms with E-state index in [1.165, 1.54) is 0 Å². The Labute approximate surface area is 60.4 Å². The summed E-state index contributed by atoms with van der Waals surface area (Å²) >= 11 is 0. The average molecular weight is 158 g/mol. The molecule has 4 nitrogen and oxygen atoms in total. The van der Waals surface area contributed by atoms with Crippen molar-refractivity contribution < 1.29 is 4.92 Å². The Kier molecular flexibility index (Phi) is 2.22. The maximum Gasteiger partial charge on any atom is 0.280 e. The summed E-state index contributed by atoms with van der Waals surface area (Å²) in [6, 6.07) is 0. The summed E-state index contributed by atoms with van der Waals surface area (Å²) in [5, 5.41) is 11.7. The van der Waals surface area contributed by atoms with Gasteiger partial charge in [-0.1, -0.05) is 6.08 Å². The molecule has 0 aliphatic carbocycles. The Morgan fingerprint density at radius 1 is 1.60 bits per heavy atom. The summed E-state index contributed by atoms with van der Waals surface area (Å²) in [4.78, 5) is 9.48. The summed E-state index contributed by atoms with van der Waals surface area (Å²) in [5.41, 5.74) is 1.03. The van der Waals surface area contributed by atoms with E-state index in [0.29, 0.717) is 0 Å². The van der Waals surface area contributed by atoms with Crippen LogP contribution < -0.4 is 4.72 Å². The molecule has 1 heterocycles. The quantitative estimate of drug-likeness (QED) is 0.349. The van der Waals surface area contributed by atoms with Crippen molar-refractivity contribution in [2.45, 2.75) is 0 Å². The molecule has 0 saturated carbocycles. The zero-order chi connectivity index (χ0) is 7.40. The van der Waals surface area contributed by atoms with Gasteiger partial charge in [0.2, 0.25) is 0 Å². The number of hydrogen-bond acceptors (Lipinski definition) is 3. The van der Waals surface area contributed by atoms with E-state index in [0.717, 1.165) is 5.49 Å². The van der Waals surface area contributed by atoms with Crippen molar-refractivity contribution >= 4 is 16.2 Å². The van der Waals surface area contributed by atoms with Crippen molar-refractivity contribution in [3.63, 3.8) is 0 Å². The van der Waals surface area contributed by atoms with Gasteiger partial charge < -0.3 is 4.72 Å². The van der Waals surface area contributed by atoms with E-state index in [1.54, 1.807) is 23.8 Å². The van der Waals surface area contributed by atoms with Gasteiger partial charge in [-0.3, -0.25) is 10.1 Å². The summed E-state index contributed by atoms with van der Waals surface area (Å²) in [6.07, 6.45) is 5.25. The highest BCUT2D eigenvalue weighted by Crippen LogP contribution is 2.10. The lowest BCUT2D eigenvalue weighted by Gasteiger charge is -2.01. The maximum absolute atomic E-state index is 9.93. The van der Waals surface area contributed by atoms with Crippen LogP contribution in [-0.2, 0) is 0 Å². The molecule has 0 aromatic heterocycles. The smallest absolute Gasteiger partial charge is 0.280 e. The van der Waals surface area contributed by atoms with Crippen molar-refractivity contribution in [1.29, 1.82) is 0 Å². The number of nitrogens with zero attached hydrogens (tertiary/aromatic N) is 1. The molecule has 1 atom stereocenters. The van der Waals surface area contributed by atoms with E-state index in [1.807, 2.05) is 0 Å². The zero-order valence-electron chi connectivity index (χ0n) is 5.06. The zero-order valence-corrected chi connectivity index (χ0v) is 5.88. The normalized spacial score (nSPS) is 22.6. The van der Waals surface area contributed by atoms with Crippen LogP contribution >= 0.6 is 10.7 Å². The van der Waals surface area contributed by atoms with Crippen molar-refractivity contribution in [3.8, 4) is 0 Å². The molecule has 0 aromatic carbocycles. The molecule has 0 aromatic rings. The second kappa shape index (κ2) is 3.17. The monoisotopic (exact) mass is 158 g/mol. The summed E-state index contributed by atoms with van der Waals surface area (Å²) in [7, 11) is -0.516. The molecule has 0 saturated heterocycles. The van der Waals surface area contributed by atoms with Gasteiger partial charge in [0, 0.05) is 6.20 Å². The average Bonchev–Trinajstić information content (AvgIpc) is 1.88. The SMILES string of the molecule is O=[N+]([O-])/C=S1/C=CC=CN1. The molecule has 5 heteroatoms. The van der Waals surface area contributed by atoms with E-state index in [2.05, 4.69) is 4.72 Å². The first-order valence-corrected chi connectivity index (χ1v) is 3.94. The fourth-order valence-electron chi connectivity index (χ4n) is 0.501. The van der Waals surface area contributed by atoms with E-state index in [9.17, 15) is 10.1 Å². The molecule has 0 bridgehead atoms. The predicted molar refractivity (Wildman–Crippen MR) is 42.1 cm³/mol. The third kappa shape index (κ3) is 2.02. The van der Waals surface area contributed by atoms with Crippen molar-refractivity contribution in [2.75, 3.05) is 0 Å². The molecule has 0 radical (unpaired) electrons. The first-order valence-electron chi connectivity index (χ1n) is 2.59. The lowest BCUT2D eigenvalue weighted by molar-refractivity contribution is -0.334. The van der Waals surface area contributed by atoms with E-state index in [4.69, 9.17) is 0 Å². The van der Waals surface area contributed by atoms with Crippen LogP contribution in [0.1, 0.15) is 0 Å². The van der Waals surface area contributed by atoms with E-state index >= 15 is 0 Å². The molecule has 0 amide bonds. The van der Waals surface area contributed by atoms with Crippen LogP contribution in [0.25, 0.3) is 0 Å². The van der Waals surface area contributed by atoms with Crippen molar-refractivity contribution in [2.24, 2.45) is 0 Å². The lowest BCUT2D eigenvalue weighted by atomic mass is 10.6. The first-order chi connectivity index (χ1) is 4.79. The van der Waals surface area contributed by atoms with Crippen LogP contribution in [0.15, 0.2) is 23.8 Å². The van der Waals surface area contributed by atoms with Gasteiger partial charge in [-0.25, -0.2) is 0 Å². The molecule has 1 aliphatic rings. The first kappa shape index (κ1) is 7.01. The topological polar surface area (TPSA) is 55.2 Å². The largest absolute Gasteiger partial charge is 0.334 e. The van der Waals surface area contributed by atoms with Gasteiger partial charge in [-0.15, -0.1) is 0 Å². The van der Waals surface area contributed by atoms with Gasteiger partial charge in [0.1, 0.15) is 0 Å². The Balaban J connectivity index is 2.67. The van der Waals surface area contributed by atoms with Crippen LogP contribution in [0, 0.1) is 10.1 Å². The third-order valence-electron chi connectivity index (χ3n) is 0.836. The van der Waals surface area contributed by atoms with Crippen LogP contribution in [0.3, 0.4) is 0 Å². The highest BCUT2D eigenvalue weighted by atomic mass is 32.2. The van der Waals surface area contributed by atoms with Gasteiger partial charge in [-0.2, -0.15) is 0 Å². The fourth-order valence-corrected chi connectivity index (χ4v) is 1.39. The molecule has 54 valence electrons. The van der Waals surface area contributed by atoms with Crippen LogP contribution in [0.2, 0.25) is 0 Å². The number of rotatable bonds is 1. The third-order valence-corrected chi connectivity index (χ3v) is 2.09. The van der Waals surface area contributed by atoms with Crippen LogP contribution in [0.5, 0.6) is 0 Å². The number of allylic oxidation sites excluding steroid dienone is 2. The van der Waals surface area contributed by atoms with Crippen LogP contribution in [-0.4, -0.2) is 10.4 Å². The molecule has 1 unspecified atom stereocenters. The summed E-state index contributed by atoms with van der Waals surface area (Å²) < 4.78 is 2.81. The Morgan fingerprint density at radius 2 is 2.40 bits per heavy atom. The van der Waals surface area contributed by atoms with Gasteiger partial charge in [0.25, 0.3) is 5.49 Å². The molecule has 0 fully saturated rings. The number of hydrogen-bond donors (Lipinski definition) is 1. The second-order valence-corrected chi connectivity index (χ2v) is 3.03. The van der Waals surface area contributed by atoms with E-state index in [-0.39, 0.29) is 0 Å². The summed E-state index contributed by atoms with van der Waals surface area (Å²) in [6.45, 7) is 0. The minimum Gasteiger partial charge on any atom is -0.334 e. The molecular formula is C5H6N2O2S. The molecule has 1 N–H and O–H groups in total. The summed E-state index contributed by atoms with van der Waals surface area (Å²) in [5.74, 6) is 0. The van der Waals surface area contributed by atoms with Crippen LogP contribution in [0.4, 0.5) is 0 Å². The highest BCUT2D eigenvalue weighted by Gasteiger charge is 1.94. The van der Waals surface area contributed by atoms with Gasteiger partial charge in [0.05, 0.1) is 4.92 Å². The standard InChI is InChI=1S/C5H6N2O2S/c8-7(9)5-10-4-2-1-3-6-10/h1-6H. The fraction of sp³-hybridized carbons (Fsp3) is 0. The van der Waals surface area contributed by atoms with Gasteiger partial charge in [-0.05, 0) is 22.2 Å². The predicted octanol–water partition coefficient (Wildman–Crippen LogP) is 0.837. The Hall–Kier alpha value is -1.10. The second-order valence-electron chi connectivity index (χ2n) is 1.57. The molecule has 0 spiro atoms. The lowest BCUT2D eigenvalue weighted by Crippen LogP contribution is -2.02. The van der Waals surface area contributed by atoms with E-state index < -0.39 is 15.6 Å². The Bertz CT molecular complexity index is 232. The minimum atomic E-state index is -0.516. The minimum absolute atomic E-state index is 0.445. The molecule has 1 aliphatic heterocycles. The molecule has 1 rings (SSSR count). The van der Waals surface area contributed by atoms with Crippen molar-refractivity contribution in [1.82, 2.24) is 4.72 Å². The van der Waals surface area contributed by atoms with Crippen molar-refractivity contribution in [3.05, 3.63) is 33.9 Å².